The lowest BCUT2D eigenvalue weighted by Gasteiger charge is -2.15. The van der Waals surface area contributed by atoms with Crippen molar-refractivity contribution >= 4 is 34.4 Å². The van der Waals surface area contributed by atoms with E-state index in [1.807, 2.05) is 48.5 Å². The average molecular weight is 479 g/mol. The summed E-state index contributed by atoms with van der Waals surface area (Å²) < 4.78 is 11.6. The molecule has 0 saturated carbocycles. The Bertz CT molecular complexity index is 1510. The third-order valence-corrected chi connectivity index (χ3v) is 5.55. The van der Waals surface area contributed by atoms with Gasteiger partial charge in [-0.05, 0) is 40.6 Å². The number of methoxy groups -OCH3 is 1. The number of nitrogens with zero attached hydrogens (tertiary/aromatic N) is 1. The molecule has 36 heavy (non-hydrogen) atoms. The number of fused-ring (bicyclic) bond motifs is 1. The predicted molar refractivity (Wildman–Crippen MR) is 137 cm³/mol. The van der Waals surface area contributed by atoms with Gasteiger partial charge in [0, 0.05) is 5.56 Å². The van der Waals surface area contributed by atoms with Gasteiger partial charge >= 0.3 is 5.97 Å². The van der Waals surface area contributed by atoms with E-state index in [4.69, 9.17) is 9.47 Å². The number of aromatic carboxylic acids is 1. The summed E-state index contributed by atoms with van der Waals surface area (Å²) in [6.07, 6.45) is 1.39. The van der Waals surface area contributed by atoms with Crippen LogP contribution in [-0.2, 0) is 11.4 Å². The average Bonchev–Trinajstić information content (AvgIpc) is 2.90. The summed E-state index contributed by atoms with van der Waals surface area (Å²) in [5.41, 5.74) is 1.22. The fourth-order valence-electron chi connectivity index (χ4n) is 3.80. The highest BCUT2D eigenvalue weighted by molar-refractivity contribution is 6.12. The van der Waals surface area contributed by atoms with E-state index in [1.54, 1.807) is 30.3 Å². The molecule has 1 amide bonds. The molecule has 0 radical (unpaired) electrons. The van der Waals surface area contributed by atoms with Crippen LogP contribution >= 0.6 is 0 Å². The molecule has 4 rings (SSSR count). The quantitative estimate of drug-likeness (QED) is 0.249. The Balaban J connectivity index is 1.65. The molecule has 178 valence electrons. The lowest BCUT2D eigenvalue weighted by Crippen LogP contribution is -2.16. The maximum Gasteiger partial charge on any atom is 0.337 e. The first-order valence-electron chi connectivity index (χ1n) is 11.0. The molecular weight excluding hydrogens is 456 g/mol. The largest absolute Gasteiger partial charge is 0.493 e. The lowest BCUT2D eigenvalue weighted by atomic mass is 10.1. The first-order chi connectivity index (χ1) is 17.5. The minimum atomic E-state index is -1.19. The highest BCUT2D eigenvalue weighted by atomic mass is 16.5. The summed E-state index contributed by atoms with van der Waals surface area (Å²) in [6, 6.07) is 26.9. The third kappa shape index (κ3) is 5.18. The second kappa shape index (κ2) is 10.9. The number of para-hydroxylation sites is 2. The maximum absolute atomic E-state index is 12.8. The topological polar surface area (TPSA) is 109 Å². The number of carboxylic acids is 1. The minimum Gasteiger partial charge on any atom is -0.493 e. The molecule has 7 nitrogen and oxygen atoms in total. The molecule has 0 bridgehead atoms. The number of benzene rings is 4. The molecule has 0 aliphatic heterocycles. The summed E-state index contributed by atoms with van der Waals surface area (Å²) >= 11 is 0. The molecule has 4 aromatic rings. The first kappa shape index (κ1) is 24.0. The van der Waals surface area contributed by atoms with Crippen LogP contribution < -0.4 is 14.8 Å². The van der Waals surface area contributed by atoms with Gasteiger partial charge in [-0.15, -0.1) is 0 Å². The van der Waals surface area contributed by atoms with Gasteiger partial charge in [0.05, 0.1) is 18.4 Å². The zero-order valence-electron chi connectivity index (χ0n) is 19.4. The van der Waals surface area contributed by atoms with Crippen molar-refractivity contribution < 1.29 is 24.2 Å². The number of hydrogen-bond acceptors (Lipinski definition) is 5. The Morgan fingerprint density at radius 3 is 2.47 bits per heavy atom. The van der Waals surface area contributed by atoms with Gasteiger partial charge in [-0.25, -0.2) is 4.79 Å². The smallest absolute Gasteiger partial charge is 0.337 e. The summed E-state index contributed by atoms with van der Waals surface area (Å²) in [4.78, 5) is 24.3. The van der Waals surface area contributed by atoms with E-state index < -0.39 is 11.9 Å². The van der Waals surface area contributed by atoms with E-state index in [1.165, 1.54) is 25.3 Å². The summed E-state index contributed by atoms with van der Waals surface area (Å²) in [6.45, 7) is 0.239. The van der Waals surface area contributed by atoms with E-state index in [2.05, 4.69) is 5.32 Å². The number of nitrogens with one attached hydrogen (secondary N) is 1. The molecule has 7 heteroatoms. The fourth-order valence-corrected chi connectivity index (χ4v) is 3.80. The number of carbonyl (C=O) groups excluding carboxylic acids is 1. The van der Waals surface area contributed by atoms with E-state index in [9.17, 15) is 20.0 Å². The number of hydrogen-bond donors (Lipinski definition) is 2. The SMILES string of the molecule is COc1cccc(/C=C(\C#N)C(=O)Nc2ccccc2C(=O)O)c1OCc1cccc2ccccc12. The zero-order chi connectivity index (χ0) is 25.5. The molecule has 0 aromatic heterocycles. The third-order valence-electron chi connectivity index (χ3n) is 5.55. The van der Waals surface area contributed by atoms with Gasteiger partial charge < -0.3 is 19.9 Å². The summed E-state index contributed by atoms with van der Waals surface area (Å²) in [7, 11) is 1.51. The molecule has 4 aromatic carbocycles. The van der Waals surface area contributed by atoms with Crippen LogP contribution in [0.25, 0.3) is 16.8 Å². The number of amides is 1. The van der Waals surface area contributed by atoms with E-state index in [0.717, 1.165) is 16.3 Å². The molecule has 0 spiro atoms. The number of carboxylic acid groups (broad SMARTS) is 1. The second-order valence-electron chi connectivity index (χ2n) is 7.78. The lowest BCUT2D eigenvalue weighted by molar-refractivity contribution is -0.112. The van der Waals surface area contributed by atoms with Gasteiger partial charge in [-0.1, -0.05) is 66.7 Å². The fraction of sp³-hybridized carbons (Fsp3) is 0.0690. The van der Waals surface area contributed by atoms with Crippen molar-refractivity contribution in [1.29, 1.82) is 5.26 Å². The molecule has 2 N–H and O–H groups in total. The molecule has 0 saturated heterocycles. The van der Waals surface area contributed by atoms with Crippen LogP contribution in [0, 0.1) is 11.3 Å². The van der Waals surface area contributed by atoms with Crippen molar-refractivity contribution in [3.63, 3.8) is 0 Å². The molecule has 0 unspecified atom stereocenters. The van der Waals surface area contributed by atoms with Crippen molar-refractivity contribution in [2.75, 3.05) is 12.4 Å². The van der Waals surface area contributed by atoms with E-state index in [-0.39, 0.29) is 23.4 Å². The molecule has 0 fully saturated rings. The molecule has 0 aliphatic rings. The van der Waals surface area contributed by atoms with Crippen LogP contribution in [0.4, 0.5) is 5.69 Å². The van der Waals surface area contributed by atoms with Gasteiger partial charge in [0.2, 0.25) is 0 Å². The van der Waals surface area contributed by atoms with Gasteiger partial charge in [0.25, 0.3) is 5.91 Å². The van der Waals surface area contributed by atoms with Crippen molar-refractivity contribution in [3.8, 4) is 17.6 Å². The number of carbonyl (C=O) groups is 2. The van der Waals surface area contributed by atoms with Gasteiger partial charge in [-0.3, -0.25) is 4.79 Å². The monoisotopic (exact) mass is 478 g/mol. The van der Waals surface area contributed by atoms with E-state index in [0.29, 0.717) is 17.1 Å². The summed E-state index contributed by atoms with van der Waals surface area (Å²) in [5, 5.41) is 23.7. The first-order valence-corrected chi connectivity index (χ1v) is 11.0. The van der Waals surface area contributed by atoms with Crippen LogP contribution in [0.2, 0.25) is 0 Å². The Labute approximate surface area is 207 Å². The van der Waals surface area contributed by atoms with Gasteiger partial charge in [0.1, 0.15) is 18.2 Å². The number of ether oxygens (including phenoxy) is 2. The Kier molecular flexibility index (Phi) is 7.28. The molecular formula is C29H22N2O5. The van der Waals surface area contributed by atoms with Crippen LogP contribution in [0.15, 0.2) is 90.5 Å². The standard InChI is InChI=1S/C29H22N2O5/c1-35-26-15-7-10-20(27(26)36-18-21-11-6-9-19-8-2-3-12-23(19)21)16-22(17-30)28(32)31-25-14-5-4-13-24(25)29(33)34/h2-16H,18H2,1H3,(H,31,32)(H,33,34)/b22-16+. The Hall–Kier alpha value is -5.09. The van der Waals surface area contributed by atoms with Crippen LogP contribution in [0.5, 0.6) is 11.5 Å². The van der Waals surface area contributed by atoms with Crippen molar-refractivity contribution in [2.45, 2.75) is 6.61 Å². The van der Waals surface area contributed by atoms with Crippen LogP contribution in [-0.4, -0.2) is 24.1 Å². The van der Waals surface area contributed by atoms with E-state index >= 15 is 0 Å². The zero-order valence-corrected chi connectivity index (χ0v) is 19.4. The number of rotatable bonds is 8. The number of nitriles is 1. The molecule has 0 atom stereocenters. The Morgan fingerprint density at radius 2 is 1.69 bits per heavy atom. The van der Waals surface area contributed by atoms with Gasteiger partial charge in [0.15, 0.2) is 11.5 Å². The second-order valence-corrected chi connectivity index (χ2v) is 7.78. The normalized spacial score (nSPS) is 10.9. The van der Waals surface area contributed by atoms with Crippen LogP contribution in [0.1, 0.15) is 21.5 Å². The van der Waals surface area contributed by atoms with Crippen molar-refractivity contribution in [2.24, 2.45) is 0 Å². The highest BCUT2D eigenvalue weighted by Gasteiger charge is 2.17. The maximum atomic E-state index is 12.8. The summed E-state index contributed by atoms with van der Waals surface area (Å²) in [5.74, 6) is -1.11. The van der Waals surface area contributed by atoms with Crippen molar-refractivity contribution in [3.05, 3.63) is 107 Å². The number of anilines is 1. The molecule has 0 heterocycles. The molecule has 0 aliphatic carbocycles. The van der Waals surface area contributed by atoms with Crippen LogP contribution in [0.3, 0.4) is 0 Å². The van der Waals surface area contributed by atoms with Crippen molar-refractivity contribution in [1.82, 2.24) is 0 Å². The predicted octanol–water partition coefficient (Wildman–Crippen LogP) is 5.67. The Morgan fingerprint density at radius 1 is 0.972 bits per heavy atom. The van der Waals surface area contributed by atoms with Gasteiger partial charge in [-0.2, -0.15) is 5.26 Å². The minimum absolute atomic E-state index is 0.0800. The highest BCUT2D eigenvalue weighted by Crippen LogP contribution is 2.34.